The number of carbonyl (C=O) groups is 2. The molecule has 6 nitrogen and oxygen atoms in total. The summed E-state index contributed by atoms with van der Waals surface area (Å²) >= 11 is 0. The van der Waals surface area contributed by atoms with Crippen molar-refractivity contribution in [1.82, 2.24) is 10.6 Å². The number of aliphatic carboxylic acids is 1. The molecule has 1 aliphatic rings. The van der Waals surface area contributed by atoms with Crippen LogP contribution in [0.2, 0.25) is 0 Å². The third-order valence-corrected chi connectivity index (χ3v) is 3.96. The normalized spacial score (nSPS) is 24.0. The Labute approximate surface area is 103 Å². The molecule has 1 aliphatic heterocycles. The van der Waals surface area contributed by atoms with Crippen LogP contribution < -0.4 is 10.6 Å². The number of hydrogen-bond donors (Lipinski definition) is 3. The topological polar surface area (TPSA) is 95.5 Å². The van der Waals surface area contributed by atoms with Crippen molar-refractivity contribution >= 4 is 22.8 Å². The molecule has 0 unspecified atom stereocenters. The van der Waals surface area contributed by atoms with Gasteiger partial charge in [0.05, 0.1) is 0 Å². The van der Waals surface area contributed by atoms with E-state index in [2.05, 4.69) is 10.6 Å². The molecule has 3 N–H and O–H groups in total. The lowest BCUT2D eigenvalue weighted by Gasteiger charge is -2.22. The lowest BCUT2D eigenvalue weighted by Crippen LogP contribution is -2.45. The highest BCUT2D eigenvalue weighted by Crippen LogP contribution is 2.08. The molecule has 0 saturated carbocycles. The number of carboxylic acid groups (broad SMARTS) is 1. The molecule has 0 aromatic rings. The Morgan fingerprint density at radius 3 is 2.53 bits per heavy atom. The Balaban J connectivity index is 2.08. The predicted molar refractivity (Wildman–Crippen MR) is 64.3 cm³/mol. The molecule has 0 aromatic heterocycles. The fourth-order valence-electron chi connectivity index (χ4n) is 1.62. The smallest absolute Gasteiger partial charge is 0.315 e. The van der Waals surface area contributed by atoms with Gasteiger partial charge in [-0.25, -0.2) is 4.79 Å². The minimum absolute atomic E-state index is 0.0582. The van der Waals surface area contributed by atoms with Crippen molar-refractivity contribution in [3.05, 3.63) is 0 Å². The van der Waals surface area contributed by atoms with E-state index in [1.54, 1.807) is 0 Å². The van der Waals surface area contributed by atoms with Gasteiger partial charge in [-0.15, -0.1) is 0 Å². The number of rotatable bonds is 5. The lowest BCUT2D eigenvalue weighted by atomic mass is 10.2. The molecular weight excluding hydrogens is 244 g/mol. The molecule has 0 aliphatic carbocycles. The summed E-state index contributed by atoms with van der Waals surface area (Å²) in [7, 11) is -0.725. The largest absolute Gasteiger partial charge is 0.481 e. The standard InChI is InChI=1S/C10H18N2O4S/c13-9(14)2-1-5-11-10(15)12-8-3-6-17(16)7-4-8/h8H,1-7H2,(H,13,14)(H2,11,12,15). The maximum absolute atomic E-state index is 11.4. The predicted octanol–water partition coefficient (Wildman–Crippen LogP) is 0.0615. The summed E-state index contributed by atoms with van der Waals surface area (Å²) in [6.45, 7) is 0.358. The van der Waals surface area contributed by atoms with Crippen LogP contribution in [0.5, 0.6) is 0 Å². The summed E-state index contributed by atoms with van der Waals surface area (Å²) in [6, 6.07) is -0.180. The molecule has 0 spiro atoms. The van der Waals surface area contributed by atoms with Crippen molar-refractivity contribution in [3.8, 4) is 0 Å². The Hall–Kier alpha value is -1.11. The first-order chi connectivity index (χ1) is 8.08. The Morgan fingerprint density at radius 1 is 1.29 bits per heavy atom. The Bertz CT molecular complexity index is 299. The third kappa shape index (κ3) is 6.25. The minimum atomic E-state index is -0.859. The molecule has 98 valence electrons. The average molecular weight is 262 g/mol. The van der Waals surface area contributed by atoms with Crippen molar-refractivity contribution in [2.24, 2.45) is 0 Å². The molecule has 1 fully saturated rings. The highest BCUT2D eigenvalue weighted by Gasteiger charge is 2.19. The van der Waals surface area contributed by atoms with Gasteiger partial charge in [0.25, 0.3) is 0 Å². The van der Waals surface area contributed by atoms with Gasteiger partial charge in [0.2, 0.25) is 0 Å². The molecule has 0 radical (unpaired) electrons. The summed E-state index contributed by atoms with van der Waals surface area (Å²) in [5.74, 6) is 0.426. The zero-order valence-electron chi connectivity index (χ0n) is 9.61. The first kappa shape index (κ1) is 14.0. The third-order valence-electron chi connectivity index (χ3n) is 2.58. The fraction of sp³-hybridized carbons (Fsp3) is 0.800. The molecule has 1 heterocycles. The number of urea groups is 1. The summed E-state index contributed by atoms with van der Waals surface area (Å²) in [4.78, 5) is 21.6. The van der Waals surface area contributed by atoms with Crippen molar-refractivity contribution in [2.45, 2.75) is 31.7 Å². The second-order valence-corrected chi connectivity index (χ2v) is 5.72. The molecule has 1 rings (SSSR count). The number of nitrogens with one attached hydrogen (secondary N) is 2. The van der Waals surface area contributed by atoms with E-state index >= 15 is 0 Å². The highest BCUT2D eigenvalue weighted by molar-refractivity contribution is 7.85. The van der Waals surface area contributed by atoms with Crippen LogP contribution in [-0.4, -0.2) is 45.4 Å². The first-order valence-corrected chi connectivity index (χ1v) is 7.18. The van der Waals surface area contributed by atoms with Gasteiger partial charge in [-0.3, -0.25) is 9.00 Å². The van der Waals surface area contributed by atoms with E-state index in [-0.39, 0.29) is 18.5 Å². The van der Waals surface area contributed by atoms with Gasteiger partial charge in [-0.05, 0) is 19.3 Å². The highest BCUT2D eigenvalue weighted by atomic mass is 32.2. The molecule has 1 saturated heterocycles. The van der Waals surface area contributed by atoms with Crippen LogP contribution in [0.1, 0.15) is 25.7 Å². The van der Waals surface area contributed by atoms with E-state index in [0.29, 0.717) is 24.5 Å². The van der Waals surface area contributed by atoms with Gasteiger partial charge >= 0.3 is 12.0 Å². The van der Waals surface area contributed by atoms with Crippen LogP contribution in [0.15, 0.2) is 0 Å². The van der Waals surface area contributed by atoms with Crippen molar-refractivity contribution < 1.29 is 18.9 Å². The molecular formula is C10H18N2O4S. The van der Waals surface area contributed by atoms with Gasteiger partial charge < -0.3 is 15.7 Å². The second-order valence-electron chi connectivity index (χ2n) is 4.02. The molecule has 7 heteroatoms. The van der Waals surface area contributed by atoms with Crippen LogP contribution in [0, 0.1) is 0 Å². The van der Waals surface area contributed by atoms with E-state index in [4.69, 9.17) is 5.11 Å². The van der Waals surface area contributed by atoms with Gasteiger partial charge in [-0.1, -0.05) is 0 Å². The van der Waals surface area contributed by atoms with E-state index in [1.807, 2.05) is 0 Å². The maximum atomic E-state index is 11.4. The lowest BCUT2D eigenvalue weighted by molar-refractivity contribution is -0.137. The van der Waals surface area contributed by atoms with Crippen molar-refractivity contribution in [2.75, 3.05) is 18.1 Å². The van der Waals surface area contributed by atoms with Crippen LogP contribution >= 0.6 is 0 Å². The zero-order valence-corrected chi connectivity index (χ0v) is 10.4. The van der Waals surface area contributed by atoms with Crippen LogP contribution in [-0.2, 0) is 15.6 Å². The monoisotopic (exact) mass is 262 g/mol. The number of carboxylic acids is 1. The maximum Gasteiger partial charge on any atom is 0.315 e. The average Bonchev–Trinajstić information content (AvgIpc) is 2.27. The van der Waals surface area contributed by atoms with Crippen LogP contribution in [0.4, 0.5) is 4.79 Å². The van der Waals surface area contributed by atoms with Gasteiger partial charge in [-0.2, -0.15) is 0 Å². The number of hydrogen-bond acceptors (Lipinski definition) is 3. The van der Waals surface area contributed by atoms with E-state index in [0.717, 1.165) is 12.8 Å². The Morgan fingerprint density at radius 2 is 1.94 bits per heavy atom. The summed E-state index contributed by atoms with van der Waals surface area (Å²) in [5, 5.41) is 13.8. The van der Waals surface area contributed by atoms with Crippen molar-refractivity contribution in [1.29, 1.82) is 0 Å². The van der Waals surface area contributed by atoms with E-state index in [9.17, 15) is 13.8 Å². The SMILES string of the molecule is O=C(O)CCCNC(=O)NC1CCS(=O)CC1. The van der Waals surface area contributed by atoms with Gasteiger partial charge in [0, 0.05) is 41.3 Å². The molecule has 0 atom stereocenters. The number of amides is 2. The second kappa shape index (κ2) is 7.26. The summed E-state index contributed by atoms with van der Waals surface area (Å²) in [6.07, 6.45) is 1.98. The summed E-state index contributed by atoms with van der Waals surface area (Å²) < 4.78 is 11.1. The van der Waals surface area contributed by atoms with Crippen LogP contribution in [0.25, 0.3) is 0 Å². The fourth-order valence-corrected chi connectivity index (χ4v) is 2.92. The first-order valence-electron chi connectivity index (χ1n) is 5.69. The van der Waals surface area contributed by atoms with Crippen LogP contribution in [0.3, 0.4) is 0 Å². The summed E-state index contributed by atoms with van der Waals surface area (Å²) in [5.41, 5.74) is 0. The Kier molecular flexibility index (Phi) is 5.96. The quantitative estimate of drug-likeness (QED) is 0.611. The van der Waals surface area contributed by atoms with E-state index in [1.165, 1.54) is 0 Å². The van der Waals surface area contributed by atoms with Crippen molar-refractivity contribution in [3.63, 3.8) is 0 Å². The zero-order chi connectivity index (χ0) is 12.7. The molecule has 0 bridgehead atoms. The molecule has 17 heavy (non-hydrogen) atoms. The van der Waals surface area contributed by atoms with Gasteiger partial charge in [0.1, 0.15) is 0 Å². The molecule has 2 amide bonds. The minimum Gasteiger partial charge on any atom is -0.481 e. The molecule has 0 aromatic carbocycles. The van der Waals surface area contributed by atoms with Gasteiger partial charge in [0.15, 0.2) is 0 Å². The number of carbonyl (C=O) groups excluding carboxylic acids is 1. The van der Waals surface area contributed by atoms with E-state index < -0.39 is 16.8 Å².